The predicted molar refractivity (Wildman–Crippen MR) is 120 cm³/mol. The van der Waals surface area contributed by atoms with Gasteiger partial charge in [-0.05, 0) is 37.1 Å². The predicted octanol–water partition coefficient (Wildman–Crippen LogP) is 3.50. The van der Waals surface area contributed by atoms with Crippen LogP contribution in [0.5, 0.6) is 0 Å². The molecule has 0 aliphatic heterocycles. The van der Waals surface area contributed by atoms with E-state index >= 15 is 0 Å². The van der Waals surface area contributed by atoms with Crippen molar-refractivity contribution in [2.75, 3.05) is 22.9 Å². The number of aromatic amines is 1. The van der Waals surface area contributed by atoms with Crippen molar-refractivity contribution in [1.82, 2.24) is 9.55 Å². The molecular formula is C20H27ClN4O3S. The lowest BCUT2D eigenvalue weighted by atomic mass is 10.2. The number of nitrogens with one attached hydrogen (secondary N) is 1. The second-order valence-corrected chi connectivity index (χ2v) is 8.13. The molecule has 2 rings (SSSR count). The Balaban J connectivity index is 2.33. The molecule has 1 amide bonds. The van der Waals surface area contributed by atoms with Gasteiger partial charge in [-0.3, -0.25) is 19.1 Å². The molecule has 158 valence electrons. The summed E-state index contributed by atoms with van der Waals surface area (Å²) in [5, 5.41) is 0.624. The van der Waals surface area contributed by atoms with Gasteiger partial charge >= 0.3 is 5.69 Å². The van der Waals surface area contributed by atoms with Gasteiger partial charge < -0.3 is 10.6 Å². The third-order valence-electron chi connectivity index (χ3n) is 4.43. The van der Waals surface area contributed by atoms with Crippen molar-refractivity contribution in [3.05, 3.63) is 50.1 Å². The quantitative estimate of drug-likeness (QED) is 0.553. The van der Waals surface area contributed by atoms with Crippen LogP contribution < -0.4 is 21.9 Å². The molecule has 1 aromatic carbocycles. The molecule has 0 spiro atoms. The van der Waals surface area contributed by atoms with Crippen LogP contribution in [0.25, 0.3) is 0 Å². The molecule has 0 saturated heterocycles. The highest BCUT2D eigenvalue weighted by molar-refractivity contribution is 8.00. The van der Waals surface area contributed by atoms with E-state index in [1.807, 2.05) is 26.0 Å². The average Bonchev–Trinajstić information content (AvgIpc) is 2.69. The normalized spacial score (nSPS) is 10.9. The Kier molecular flexibility index (Phi) is 8.85. The largest absolute Gasteiger partial charge is 0.383 e. The summed E-state index contributed by atoms with van der Waals surface area (Å²) in [6.07, 6.45) is 3.17. The standard InChI is InChI=1S/C20H27ClN4O3S/c1-3-5-11-24(16(26)13-29-15-9-7-14(21)8-10-15)17-18(22)25(12-6-4-2)20(28)23-19(17)27/h7-10H,3-6,11-13,22H2,1-2H3,(H,23,27,28). The fraction of sp³-hybridized carbons (Fsp3) is 0.450. The minimum absolute atomic E-state index is 0.0353. The number of nitrogens with two attached hydrogens (primary N) is 1. The first-order valence-electron chi connectivity index (χ1n) is 9.70. The molecule has 0 bridgehead atoms. The third-order valence-corrected chi connectivity index (χ3v) is 5.68. The minimum Gasteiger partial charge on any atom is -0.383 e. The van der Waals surface area contributed by atoms with Crippen LogP contribution in [0.4, 0.5) is 11.5 Å². The molecule has 9 heteroatoms. The number of aromatic nitrogens is 2. The number of nitrogen functional groups attached to an aromatic ring is 1. The maximum Gasteiger partial charge on any atom is 0.330 e. The van der Waals surface area contributed by atoms with E-state index in [-0.39, 0.29) is 23.2 Å². The highest BCUT2D eigenvalue weighted by Gasteiger charge is 2.23. The molecule has 0 atom stereocenters. The summed E-state index contributed by atoms with van der Waals surface area (Å²) in [6, 6.07) is 7.19. The van der Waals surface area contributed by atoms with E-state index in [2.05, 4.69) is 4.98 Å². The number of unbranched alkanes of at least 4 members (excludes halogenated alkanes) is 2. The van der Waals surface area contributed by atoms with Gasteiger partial charge in [0.05, 0.1) is 5.75 Å². The molecule has 0 aliphatic rings. The van der Waals surface area contributed by atoms with E-state index < -0.39 is 11.2 Å². The number of rotatable bonds is 10. The number of anilines is 2. The van der Waals surface area contributed by atoms with Gasteiger partial charge in [-0.15, -0.1) is 11.8 Å². The number of thioether (sulfide) groups is 1. The molecule has 3 N–H and O–H groups in total. The molecule has 0 aliphatic carbocycles. The lowest BCUT2D eigenvalue weighted by molar-refractivity contribution is -0.116. The summed E-state index contributed by atoms with van der Waals surface area (Å²) < 4.78 is 1.33. The van der Waals surface area contributed by atoms with Crippen molar-refractivity contribution >= 4 is 40.8 Å². The van der Waals surface area contributed by atoms with Crippen LogP contribution >= 0.6 is 23.4 Å². The zero-order valence-electron chi connectivity index (χ0n) is 16.7. The Morgan fingerprint density at radius 3 is 2.45 bits per heavy atom. The molecule has 29 heavy (non-hydrogen) atoms. The molecule has 0 saturated carbocycles. The van der Waals surface area contributed by atoms with Crippen LogP contribution in [0, 0.1) is 0 Å². The van der Waals surface area contributed by atoms with Crippen molar-refractivity contribution in [2.45, 2.75) is 51.0 Å². The van der Waals surface area contributed by atoms with Crippen molar-refractivity contribution in [3.8, 4) is 0 Å². The van der Waals surface area contributed by atoms with Gasteiger partial charge in [0.2, 0.25) is 5.91 Å². The number of nitrogens with zero attached hydrogens (tertiary/aromatic N) is 2. The molecule has 2 aromatic rings. The Hall–Kier alpha value is -2.19. The first-order valence-corrected chi connectivity index (χ1v) is 11.1. The van der Waals surface area contributed by atoms with Gasteiger partial charge in [0.25, 0.3) is 5.56 Å². The Morgan fingerprint density at radius 2 is 1.83 bits per heavy atom. The minimum atomic E-state index is -0.638. The monoisotopic (exact) mass is 438 g/mol. The van der Waals surface area contributed by atoms with Gasteiger partial charge in [0.15, 0.2) is 5.69 Å². The van der Waals surface area contributed by atoms with E-state index in [0.717, 1.165) is 24.2 Å². The summed E-state index contributed by atoms with van der Waals surface area (Å²) in [4.78, 5) is 42.3. The number of halogens is 1. The maximum absolute atomic E-state index is 13.0. The van der Waals surface area contributed by atoms with Crippen molar-refractivity contribution in [1.29, 1.82) is 0 Å². The number of carbonyl (C=O) groups is 1. The van der Waals surface area contributed by atoms with Crippen LogP contribution in [-0.2, 0) is 11.3 Å². The van der Waals surface area contributed by atoms with Crippen molar-refractivity contribution in [2.24, 2.45) is 0 Å². The highest BCUT2D eigenvalue weighted by atomic mass is 35.5. The number of hydrogen-bond donors (Lipinski definition) is 2. The van der Waals surface area contributed by atoms with Crippen LogP contribution in [0.3, 0.4) is 0 Å². The van der Waals surface area contributed by atoms with Crippen molar-refractivity contribution in [3.63, 3.8) is 0 Å². The van der Waals surface area contributed by atoms with Gasteiger partial charge in [-0.1, -0.05) is 38.3 Å². The average molecular weight is 439 g/mol. The zero-order valence-corrected chi connectivity index (χ0v) is 18.3. The van der Waals surface area contributed by atoms with E-state index in [1.54, 1.807) is 12.1 Å². The van der Waals surface area contributed by atoms with Crippen molar-refractivity contribution < 1.29 is 4.79 Å². The van der Waals surface area contributed by atoms with Crippen LogP contribution in [0.1, 0.15) is 39.5 Å². The Labute approximate surface area is 179 Å². The fourth-order valence-electron chi connectivity index (χ4n) is 2.81. The Morgan fingerprint density at radius 1 is 1.17 bits per heavy atom. The van der Waals surface area contributed by atoms with Crippen LogP contribution in [-0.4, -0.2) is 27.8 Å². The first kappa shape index (κ1) is 23.1. The molecule has 7 nitrogen and oxygen atoms in total. The second-order valence-electron chi connectivity index (χ2n) is 6.64. The SMILES string of the molecule is CCCCN(C(=O)CSc1ccc(Cl)cc1)c1c(N)n(CCCC)c(=O)[nH]c1=O. The molecule has 1 aromatic heterocycles. The topological polar surface area (TPSA) is 101 Å². The summed E-state index contributed by atoms with van der Waals surface area (Å²) in [5.74, 6) is -0.0670. The summed E-state index contributed by atoms with van der Waals surface area (Å²) in [6.45, 7) is 4.75. The number of carbonyl (C=O) groups excluding carboxylic acids is 1. The number of H-pyrrole nitrogens is 1. The lowest BCUT2D eigenvalue weighted by Gasteiger charge is -2.24. The third kappa shape index (κ3) is 6.14. The summed E-state index contributed by atoms with van der Waals surface area (Å²) in [5.41, 5.74) is 5.05. The number of amides is 1. The summed E-state index contributed by atoms with van der Waals surface area (Å²) in [7, 11) is 0. The van der Waals surface area contributed by atoms with E-state index in [1.165, 1.54) is 21.2 Å². The van der Waals surface area contributed by atoms with Crippen LogP contribution in [0.2, 0.25) is 5.02 Å². The number of hydrogen-bond acceptors (Lipinski definition) is 5. The van der Waals surface area contributed by atoms with Gasteiger partial charge in [0.1, 0.15) is 5.82 Å². The Bertz CT molecular complexity index is 940. The molecule has 0 radical (unpaired) electrons. The van der Waals surface area contributed by atoms with E-state index in [4.69, 9.17) is 17.3 Å². The fourth-order valence-corrected chi connectivity index (χ4v) is 3.71. The van der Waals surface area contributed by atoms with E-state index in [9.17, 15) is 14.4 Å². The zero-order chi connectivity index (χ0) is 21.4. The van der Waals surface area contributed by atoms with E-state index in [0.29, 0.717) is 24.5 Å². The number of benzene rings is 1. The molecule has 1 heterocycles. The highest BCUT2D eigenvalue weighted by Crippen LogP contribution is 2.23. The maximum atomic E-state index is 13.0. The van der Waals surface area contributed by atoms with Crippen LogP contribution in [0.15, 0.2) is 38.8 Å². The van der Waals surface area contributed by atoms with Gasteiger partial charge in [0, 0.05) is 23.0 Å². The summed E-state index contributed by atoms with van der Waals surface area (Å²) >= 11 is 7.25. The second kappa shape index (κ2) is 11.1. The molecule has 0 fully saturated rings. The molecular weight excluding hydrogens is 412 g/mol. The van der Waals surface area contributed by atoms with Gasteiger partial charge in [-0.2, -0.15) is 0 Å². The molecule has 0 unspecified atom stereocenters. The smallest absolute Gasteiger partial charge is 0.330 e. The van der Waals surface area contributed by atoms with Gasteiger partial charge in [-0.25, -0.2) is 4.79 Å². The lowest BCUT2D eigenvalue weighted by Crippen LogP contribution is -2.42. The first-order chi connectivity index (χ1) is 13.9.